The fourth-order valence-electron chi connectivity index (χ4n) is 1.54. The molecule has 2 amide bonds. The van der Waals surface area contributed by atoms with E-state index in [2.05, 4.69) is 21.3 Å². The van der Waals surface area contributed by atoms with Crippen LogP contribution in [0, 0.1) is 0 Å². The van der Waals surface area contributed by atoms with Crippen molar-refractivity contribution in [2.45, 2.75) is 31.7 Å². The summed E-state index contributed by atoms with van der Waals surface area (Å²) in [7, 11) is 0. The first-order valence-corrected chi connectivity index (χ1v) is 6.96. The molecule has 0 radical (unpaired) electrons. The molecule has 9 nitrogen and oxygen atoms in total. The first-order chi connectivity index (χ1) is 11.1. The van der Waals surface area contributed by atoms with Crippen molar-refractivity contribution in [3.05, 3.63) is 12.7 Å². The number of rotatable bonds is 11. The Hall–Kier alpha value is -2.76. The number of hydrogen-bond acceptors (Lipinski definition) is 8. The predicted octanol–water partition coefficient (Wildman–Crippen LogP) is 1.64. The highest BCUT2D eigenvalue weighted by Crippen LogP contribution is 2.09. The van der Waals surface area contributed by atoms with Crippen molar-refractivity contribution < 1.29 is 28.7 Å². The van der Waals surface area contributed by atoms with Gasteiger partial charge in [0.25, 0.3) is 0 Å². The zero-order valence-electron chi connectivity index (χ0n) is 12.7. The number of carbonyl (C=O) groups is 2. The van der Waals surface area contributed by atoms with Gasteiger partial charge >= 0.3 is 12.2 Å². The molecule has 0 saturated heterocycles. The Morgan fingerprint density at radius 1 is 1.13 bits per heavy atom. The summed E-state index contributed by atoms with van der Waals surface area (Å²) >= 11 is 0. The summed E-state index contributed by atoms with van der Waals surface area (Å²) < 4.78 is 9.32. The summed E-state index contributed by atoms with van der Waals surface area (Å²) in [6, 6.07) is -0.353. The molecule has 126 valence electrons. The molecule has 0 saturated carbocycles. The fraction of sp³-hybridized carbons (Fsp3) is 0.571. The number of imide groups is 1. The van der Waals surface area contributed by atoms with E-state index in [1.54, 1.807) is 0 Å². The zero-order chi connectivity index (χ0) is 17.3. The van der Waals surface area contributed by atoms with Crippen molar-refractivity contribution in [2.75, 3.05) is 19.8 Å². The Kier molecular flexibility index (Phi) is 12.5. The molecule has 1 atom stereocenters. The maximum atomic E-state index is 11.3. The summed E-state index contributed by atoms with van der Waals surface area (Å²) in [5, 5.41) is 1.86. The van der Waals surface area contributed by atoms with Crippen LogP contribution in [0.1, 0.15) is 25.7 Å². The average Bonchev–Trinajstić information content (AvgIpc) is 2.52. The Morgan fingerprint density at radius 2 is 1.87 bits per heavy atom. The molecule has 0 heterocycles. The molecule has 0 bridgehead atoms. The van der Waals surface area contributed by atoms with Gasteiger partial charge in [0.1, 0.15) is 6.61 Å². The molecular formula is C14H19N3O6. The third-order valence-electron chi connectivity index (χ3n) is 2.58. The molecule has 1 N–H and O–H groups in total. The summed E-state index contributed by atoms with van der Waals surface area (Å²) in [6.07, 6.45) is 4.60. The Bertz CT molecular complexity index is 481. The summed E-state index contributed by atoms with van der Waals surface area (Å²) in [5.74, 6) is 0. The van der Waals surface area contributed by atoms with Gasteiger partial charge in [-0.05, 0) is 19.3 Å². The van der Waals surface area contributed by atoms with Crippen LogP contribution in [0.2, 0.25) is 0 Å². The van der Waals surface area contributed by atoms with Crippen molar-refractivity contribution in [2.24, 2.45) is 9.98 Å². The van der Waals surface area contributed by atoms with Crippen LogP contribution in [0.4, 0.5) is 9.59 Å². The number of hydrogen-bond donors (Lipinski definition) is 1. The quantitative estimate of drug-likeness (QED) is 0.266. The smallest absolute Gasteiger partial charge is 0.416 e. The molecule has 0 spiro atoms. The number of ether oxygens (including phenoxy) is 2. The van der Waals surface area contributed by atoms with Crippen molar-refractivity contribution in [1.29, 1.82) is 0 Å². The van der Waals surface area contributed by atoms with Gasteiger partial charge < -0.3 is 9.47 Å². The molecule has 0 aromatic carbocycles. The summed E-state index contributed by atoms with van der Waals surface area (Å²) in [6.45, 7) is 3.67. The number of isocyanates is 2. The SMILES string of the molecule is C=CCOC(=O)NC(=O)OCCC(CCCCN=C=O)N=C=O. The van der Waals surface area contributed by atoms with Gasteiger partial charge in [-0.1, -0.05) is 12.7 Å². The molecule has 9 heteroatoms. The molecule has 0 fully saturated rings. The molecule has 0 aromatic heterocycles. The number of alkyl carbamates (subject to hydrolysis) is 2. The standard InChI is InChI=1S/C14H19N3O6/c1-2-8-22-13(20)17-14(21)23-9-6-12(16-11-19)5-3-4-7-15-10-18/h2,12H,1,3-9H2,(H,17,20,21). The third-order valence-corrected chi connectivity index (χ3v) is 2.58. The van der Waals surface area contributed by atoms with E-state index >= 15 is 0 Å². The second-order valence-corrected chi connectivity index (χ2v) is 4.28. The zero-order valence-corrected chi connectivity index (χ0v) is 12.7. The lowest BCUT2D eigenvalue weighted by Gasteiger charge is -2.10. The molecule has 0 aromatic rings. The van der Waals surface area contributed by atoms with E-state index in [0.29, 0.717) is 32.2 Å². The van der Waals surface area contributed by atoms with E-state index in [1.165, 1.54) is 18.2 Å². The highest BCUT2D eigenvalue weighted by molar-refractivity contribution is 5.87. The highest BCUT2D eigenvalue weighted by atomic mass is 16.6. The lowest BCUT2D eigenvalue weighted by atomic mass is 10.1. The third kappa shape index (κ3) is 12.7. The van der Waals surface area contributed by atoms with E-state index in [9.17, 15) is 19.2 Å². The lowest BCUT2D eigenvalue weighted by molar-refractivity contribution is 0.127. The lowest BCUT2D eigenvalue weighted by Crippen LogP contribution is -2.32. The van der Waals surface area contributed by atoms with Crippen LogP contribution >= 0.6 is 0 Å². The Labute approximate surface area is 133 Å². The van der Waals surface area contributed by atoms with Crippen molar-refractivity contribution in [3.8, 4) is 0 Å². The van der Waals surface area contributed by atoms with E-state index < -0.39 is 12.2 Å². The normalized spacial score (nSPS) is 10.4. The molecule has 0 aliphatic rings. The first-order valence-electron chi connectivity index (χ1n) is 6.96. The van der Waals surface area contributed by atoms with Crippen LogP contribution < -0.4 is 5.32 Å². The summed E-state index contributed by atoms with van der Waals surface area (Å²) in [5.41, 5.74) is 0. The van der Waals surface area contributed by atoms with Gasteiger partial charge in [0.15, 0.2) is 0 Å². The van der Waals surface area contributed by atoms with Crippen LogP contribution in [-0.4, -0.2) is 50.1 Å². The molecular weight excluding hydrogens is 306 g/mol. The van der Waals surface area contributed by atoms with E-state index in [1.807, 2.05) is 5.32 Å². The van der Waals surface area contributed by atoms with Gasteiger partial charge in [-0.25, -0.2) is 34.5 Å². The second kappa shape index (κ2) is 14.2. The maximum Gasteiger partial charge on any atom is 0.416 e. The van der Waals surface area contributed by atoms with Gasteiger partial charge in [-0.3, -0.25) is 0 Å². The van der Waals surface area contributed by atoms with Gasteiger partial charge in [-0.2, -0.15) is 0 Å². The molecule has 0 rings (SSSR count). The molecule has 0 aliphatic heterocycles. The Morgan fingerprint density at radius 3 is 2.52 bits per heavy atom. The van der Waals surface area contributed by atoms with E-state index in [4.69, 9.17) is 4.74 Å². The molecule has 23 heavy (non-hydrogen) atoms. The number of unbranched alkanes of at least 4 members (excludes halogenated alkanes) is 1. The minimum absolute atomic E-state index is 0.0244. The predicted molar refractivity (Wildman–Crippen MR) is 79.4 cm³/mol. The monoisotopic (exact) mass is 325 g/mol. The second-order valence-electron chi connectivity index (χ2n) is 4.28. The minimum atomic E-state index is -0.951. The first kappa shape index (κ1) is 20.2. The fourth-order valence-corrected chi connectivity index (χ4v) is 1.54. The van der Waals surface area contributed by atoms with Crippen LogP contribution in [-0.2, 0) is 19.1 Å². The maximum absolute atomic E-state index is 11.3. The number of aliphatic imine (C=N–C) groups is 2. The van der Waals surface area contributed by atoms with Crippen LogP contribution in [0.5, 0.6) is 0 Å². The number of amides is 2. The average molecular weight is 325 g/mol. The largest absolute Gasteiger partial charge is 0.449 e. The number of nitrogens with zero attached hydrogens (tertiary/aromatic N) is 2. The number of carbonyl (C=O) groups excluding carboxylic acids is 4. The van der Waals surface area contributed by atoms with Gasteiger partial charge in [0.05, 0.1) is 19.2 Å². The van der Waals surface area contributed by atoms with Crippen molar-refractivity contribution in [1.82, 2.24) is 5.32 Å². The van der Waals surface area contributed by atoms with Crippen LogP contribution in [0.15, 0.2) is 22.6 Å². The van der Waals surface area contributed by atoms with Crippen LogP contribution in [0.3, 0.4) is 0 Å². The highest BCUT2D eigenvalue weighted by Gasteiger charge is 2.12. The van der Waals surface area contributed by atoms with Crippen LogP contribution in [0.25, 0.3) is 0 Å². The Balaban J connectivity index is 3.95. The van der Waals surface area contributed by atoms with Crippen molar-refractivity contribution in [3.63, 3.8) is 0 Å². The molecule has 1 unspecified atom stereocenters. The van der Waals surface area contributed by atoms with E-state index in [0.717, 1.165) is 0 Å². The van der Waals surface area contributed by atoms with E-state index in [-0.39, 0.29) is 19.3 Å². The van der Waals surface area contributed by atoms with Crippen molar-refractivity contribution >= 4 is 24.3 Å². The van der Waals surface area contributed by atoms with Gasteiger partial charge in [-0.15, -0.1) is 0 Å². The minimum Gasteiger partial charge on any atom is -0.449 e. The molecule has 0 aliphatic carbocycles. The number of nitrogens with one attached hydrogen (secondary N) is 1. The summed E-state index contributed by atoms with van der Waals surface area (Å²) in [4.78, 5) is 49.6. The van der Waals surface area contributed by atoms with Gasteiger partial charge in [0, 0.05) is 6.42 Å². The topological polar surface area (TPSA) is 123 Å². The van der Waals surface area contributed by atoms with Gasteiger partial charge in [0.2, 0.25) is 12.2 Å².